The Bertz CT molecular complexity index is 1360. The van der Waals surface area contributed by atoms with Crippen molar-refractivity contribution in [1.82, 2.24) is 5.16 Å². The molecule has 0 spiro atoms. The number of aromatic nitrogens is 1. The Morgan fingerprint density at radius 1 is 0.944 bits per heavy atom. The molecular formula is C28H26N2O6. The van der Waals surface area contributed by atoms with Crippen LogP contribution in [0.3, 0.4) is 0 Å². The molecule has 1 N–H and O–H groups in total. The average molecular weight is 487 g/mol. The number of anilines is 2. The standard InChI is InChI=1S/C28H26N2O6/c1-4-35-28(33)30(23-7-5-6-8-24(23)34-3)26-18(2)29-36-27(26)22-15-13-21(14-16-22)20-11-9-19(10-12-20)17-25(31)32/h5-16H,4,17H2,1-3H3,(H,31,32). The van der Waals surface area contributed by atoms with Crippen LogP contribution in [0.2, 0.25) is 0 Å². The zero-order valence-electron chi connectivity index (χ0n) is 20.2. The third-order valence-corrected chi connectivity index (χ3v) is 5.62. The number of carboxylic acids is 1. The van der Waals surface area contributed by atoms with E-state index in [0.29, 0.717) is 28.6 Å². The molecule has 36 heavy (non-hydrogen) atoms. The van der Waals surface area contributed by atoms with Gasteiger partial charge in [-0.2, -0.15) is 0 Å². The van der Waals surface area contributed by atoms with Crippen LogP contribution in [0.25, 0.3) is 22.5 Å². The van der Waals surface area contributed by atoms with Gasteiger partial charge in [-0.05, 0) is 42.7 Å². The number of amides is 1. The first-order chi connectivity index (χ1) is 17.4. The molecule has 3 aromatic carbocycles. The minimum atomic E-state index is -0.866. The van der Waals surface area contributed by atoms with Gasteiger partial charge in [0.05, 0.1) is 25.8 Å². The zero-order chi connectivity index (χ0) is 25.7. The Balaban J connectivity index is 1.72. The van der Waals surface area contributed by atoms with Gasteiger partial charge in [-0.15, -0.1) is 0 Å². The molecular weight excluding hydrogens is 460 g/mol. The van der Waals surface area contributed by atoms with Crippen LogP contribution in [-0.4, -0.2) is 36.0 Å². The Labute approximate surface area is 208 Å². The first-order valence-corrected chi connectivity index (χ1v) is 11.4. The van der Waals surface area contributed by atoms with Gasteiger partial charge in [0.1, 0.15) is 17.1 Å². The lowest BCUT2D eigenvalue weighted by Gasteiger charge is -2.23. The number of carbonyl (C=O) groups is 2. The van der Waals surface area contributed by atoms with Crippen molar-refractivity contribution in [2.24, 2.45) is 0 Å². The number of aryl methyl sites for hydroxylation is 1. The summed E-state index contributed by atoms with van der Waals surface area (Å²) in [6.07, 6.45) is -0.594. The van der Waals surface area contributed by atoms with Gasteiger partial charge < -0.3 is 19.1 Å². The van der Waals surface area contributed by atoms with Crippen LogP contribution in [0.5, 0.6) is 5.75 Å². The predicted octanol–water partition coefficient (Wildman–Crippen LogP) is 6.25. The summed E-state index contributed by atoms with van der Waals surface area (Å²) < 4.78 is 16.6. The highest BCUT2D eigenvalue weighted by Crippen LogP contribution is 2.42. The molecule has 0 saturated carbocycles. The highest BCUT2D eigenvalue weighted by atomic mass is 16.6. The van der Waals surface area contributed by atoms with Crippen LogP contribution >= 0.6 is 0 Å². The number of benzene rings is 3. The Morgan fingerprint density at radius 3 is 2.17 bits per heavy atom. The number of methoxy groups -OCH3 is 1. The van der Waals surface area contributed by atoms with Gasteiger partial charge in [-0.3, -0.25) is 4.79 Å². The predicted molar refractivity (Wildman–Crippen MR) is 136 cm³/mol. The van der Waals surface area contributed by atoms with E-state index in [4.69, 9.17) is 19.1 Å². The molecule has 0 unspecified atom stereocenters. The molecule has 1 aromatic heterocycles. The molecule has 0 saturated heterocycles. The molecule has 4 aromatic rings. The third-order valence-electron chi connectivity index (χ3n) is 5.62. The smallest absolute Gasteiger partial charge is 0.419 e. The van der Waals surface area contributed by atoms with Crippen molar-refractivity contribution in [1.29, 1.82) is 0 Å². The molecule has 1 amide bonds. The van der Waals surface area contributed by atoms with Crippen molar-refractivity contribution < 1.29 is 28.7 Å². The van der Waals surface area contributed by atoms with E-state index in [2.05, 4.69) is 5.16 Å². The summed E-state index contributed by atoms with van der Waals surface area (Å²) >= 11 is 0. The Kier molecular flexibility index (Phi) is 7.34. The van der Waals surface area contributed by atoms with Crippen LogP contribution in [0.4, 0.5) is 16.2 Å². The maximum Gasteiger partial charge on any atom is 0.419 e. The first-order valence-electron chi connectivity index (χ1n) is 11.4. The maximum atomic E-state index is 13.1. The Hall–Kier alpha value is -4.59. The number of carbonyl (C=O) groups excluding carboxylic acids is 1. The van der Waals surface area contributed by atoms with Crippen LogP contribution in [0, 0.1) is 6.92 Å². The lowest BCUT2D eigenvalue weighted by molar-refractivity contribution is -0.136. The van der Waals surface area contributed by atoms with E-state index < -0.39 is 12.1 Å². The molecule has 0 radical (unpaired) electrons. The van der Waals surface area contributed by atoms with Crippen LogP contribution < -0.4 is 9.64 Å². The summed E-state index contributed by atoms with van der Waals surface area (Å²) in [6.45, 7) is 3.70. The number of nitrogens with zero attached hydrogens (tertiary/aromatic N) is 2. The quantitative estimate of drug-likeness (QED) is 0.314. The number of hydrogen-bond acceptors (Lipinski definition) is 6. The van der Waals surface area contributed by atoms with E-state index in [1.807, 2.05) is 48.5 Å². The second-order valence-corrected chi connectivity index (χ2v) is 8.00. The van der Waals surface area contributed by atoms with E-state index in [1.165, 1.54) is 12.0 Å². The number of carboxylic acid groups (broad SMARTS) is 1. The summed E-state index contributed by atoms with van der Waals surface area (Å²) in [5.74, 6) is 0.0452. The molecule has 8 heteroatoms. The molecule has 0 aliphatic carbocycles. The van der Waals surface area contributed by atoms with Gasteiger partial charge in [0, 0.05) is 5.56 Å². The molecule has 0 bridgehead atoms. The summed E-state index contributed by atoms with van der Waals surface area (Å²) in [5, 5.41) is 13.1. The average Bonchev–Trinajstić information content (AvgIpc) is 3.26. The van der Waals surface area contributed by atoms with Crippen LogP contribution in [0.15, 0.2) is 77.3 Å². The third kappa shape index (κ3) is 5.07. The fourth-order valence-electron chi connectivity index (χ4n) is 3.93. The van der Waals surface area contributed by atoms with Crippen molar-refractivity contribution in [3.8, 4) is 28.2 Å². The van der Waals surface area contributed by atoms with E-state index >= 15 is 0 Å². The van der Waals surface area contributed by atoms with Crippen molar-refractivity contribution in [3.63, 3.8) is 0 Å². The van der Waals surface area contributed by atoms with Crippen LogP contribution in [-0.2, 0) is 16.0 Å². The number of rotatable bonds is 8. The normalized spacial score (nSPS) is 10.6. The van der Waals surface area contributed by atoms with E-state index in [0.717, 1.165) is 22.3 Å². The van der Waals surface area contributed by atoms with Gasteiger partial charge in [0.2, 0.25) is 0 Å². The maximum absolute atomic E-state index is 13.1. The molecule has 184 valence electrons. The molecule has 4 rings (SSSR count). The zero-order valence-corrected chi connectivity index (χ0v) is 20.2. The van der Waals surface area contributed by atoms with Crippen molar-refractivity contribution >= 4 is 23.4 Å². The van der Waals surface area contributed by atoms with Gasteiger partial charge in [0.15, 0.2) is 5.76 Å². The second-order valence-electron chi connectivity index (χ2n) is 8.00. The number of hydrogen-bond donors (Lipinski definition) is 1. The lowest BCUT2D eigenvalue weighted by Crippen LogP contribution is -2.28. The van der Waals surface area contributed by atoms with Crippen molar-refractivity contribution in [2.75, 3.05) is 18.6 Å². The largest absolute Gasteiger partial charge is 0.495 e. The van der Waals surface area contributed by atoms with Gasteiger partial charge in [0.25, 0.3) is 0 Å². The number of para-hydroxylation sites is 2. The lowest BCUT2D eigenvalue weighted by atomic mass is 10.0. The highest BCUT2D eigenvalue weighted by Gasteiger charge is 2.30. The summed E-state index contributed by atoms with van der Waals surface area (Å²) in [5.41, 5.74) is 4.84. The summed E-state index contributed by atoms with van der Waals surface area (Å²) in [7, 11) is 1.54. The van der Waals surface area contributed by atoms with E-state index in [9.17, 15) is 9.59 Å². The van der Waals surface area contributed by atoms with Gasteiger partial charge in [-0.1, -0.05) is 65.8 Å². The fourth-order valence-corrected chi connectivity index (χ4v) is 3.93. The Morgan fingerprint density at radius 2 is 1.56 bits per heavy atom. The number of aliphatic carboxylic acids is 1. The molecule has 8 nitrogen and oxygen atoms in total. The number of ether oxygens (including phenoxy) is 2. The highest BCUT2D eigenvalue weighted by molar-refractivity contribution is 6.01. The molecule has 0 fully saturated rings. The molecule has 1 heterocycles. The summed E-state index contributed by atoms with van der Waals surface area (Å²) in [4.78, 5) is 25.5. The van der Waals surface area contributed by atoms with E-state index in [-0.39, 0.29) is 13.0 Å². The van der Waals surface area contributed by atoms with Gasteiger partial charge in [-0.25, -0.2) is 9.69 Å². The second kappa shape index (κ2) is 10.8. The van der Waals surface area contributed by atoms with Gasteiger partial charge >= 0.3 is 12.1 Å². The first kappa shape index (κ1) is 24.5. The minimum Gasteiger partial charge on any atom is -0.495 e. The van der Waals surface area contributed by atoms with E-state index in [1.54, 1.807) is 38.1 Å². The molecule has 0 atom stereocenters. The molecule has 0 aliphatic heterocycles. The van der Waals surface area contributed by atoms with Crippen molar-refractivity contribution in [2.45, 2.75) is 20.3 Å². The SMILES string of the molecule is CCOC(=O)N(c1ccccc1OC)c1c(C)noc1-c1ccc(-c2ccc(CC(=O)O)cc2)cc1. The minimum absolute atomic E-state index is 0.0179. The molecule has 0 aliphatic rings. The fraction of sp³-hybridized carbons (Fsp3) is 0.179. The topological polar surface area (TPSA) is 102 Å². The van der Waals surface area contributed by atoms with Crippen molar-refractivity contribution in [3.05, 3.63) is 84.1 Å². The monoisotopic (exact) mass is 486 g/mol. The summed E-state index contributed by atoms with van der Waals surface area (Å²) in [6, 6.07) is 22.2. The van der Waals surface area contributed by atoms with Crippen LogP contribution in [0.1, 0.15) is 18.2 Å².